The number of phenols is 3. The molecule has 6 heterocycles. The average Bonchev–Trinajstić information content (AvgIpc) is 1.78. The number of aromatic nitrogens is 1. The Balaban J connectivity index is 0.986. The van der Waals surface area contributed by atoms with Crippen LogP contribution in [0.2, 0.25) is 5.02 Å². The molecule has 5 bridgehead atoms. The lowest BCUT2D eigenvalue weighted by Crippen LogP contribution is -2.46. The molecule has 1 unspecified atom stereocenters. The number of Topliss-reactive ketones (excluding diaryl/α,β-unsaturated/α-hetero) is 1. The first-order valence-corrected chi connectivity index (χ1v) is 28.8. The van der Waals surface area contributed by atoms with Crippen LogP contribution in [0.4, 0.5) is 15.8 Å². The Labute approximate surface area is 494 Å². The van der Waals surface area contributed by atoms with Crippen molar-refractivity contribution in [2.24, 2.45) is 34.7 Å². The Kier molecular flexibility index (Phi) is 17.7. The molecule has 0 radical (unpaired) electrons. The number of aliphatic hydroxyl groups excluding tert-OH is 2. The number of fused-ring (bicyclic) bond motifs is 15. The summed E-state index contributed by atoms with van der Waals surface area (Å²) in [6.45, 7) is 13.3. The van der Waals surface area contributed by atoms with Crippen LogP contribution in [0, 0.1) is 42.3 Å². The smallest absolute Gasteiger partial charge is 0.341 e. The third-order valence-corrected chi connectivity index (χ3v) is 17.8. The molecule has 4 aromatic rings. The van der Waals surface area contributed by atoms with E-state index in [0.717, 1.165) is 25.2 Å². The van der Waals surface area contributed by atoms with Crippen molar-refractivity contribution in [2.75, 3.05) is 43.5 Å². The molecule has 1 saturated carbocycles. The molecule has 10 rings (SSSR count). The van der Waals surface area contributed by atoms with Gasteiger partial charge in [0.2, 0.25) is 11.3 Å². The molecular weight excluding hydrogens is 1130 g/mol. The number of aromatic hydroxyl groups is 3. The molecule has 2 amide bonds. The second-order valence-corrected chi connectivity index (χ2v) is 23.6. The molecule has 456 valence electrons. The Morgan fingerprint density at radius 2 is 1.62 bits per heavy atom. The van der Waals surface area contributed by atoms with Crippen LogP contribution in [-0.2, 0) is 28.6 Å². The van der Waals surface area contributed by atoms with Gasteiger partial charge in [-0.3, -0.25) is 29.0 Å². The summed E-state index contributed by atoms with van der Waals surface area (Å²) in [5, 5.41) is 80.4. The van der Waals surface area contributed by atoms with Crippen LogP contribution < -0.4 is 25.7 Å². The number of nitrogens with one attached hydrogen (secondary N) is 2. The molecule has 0 spiro atoms. The van der Waals surface area contributed by atoms with Crippen molar-refractivity contribution in [3.63, 3.8) is 0 Å². The van der Waals surface area contributed by atoms with Crippen molar-refractivity contribution in [1.82, 2.24) is 14.9 Å². The van der Waals surface area contributed by atoms with E-state index in [1.807, 2.05) is 0 Å². The maximum Gasteiger partial charge on any atom is 0.341 e. The van der Waals surface area contributed by atoms with Gasteiger partial charge in [0.15, 0.2) is 5.75 Å². The second-order valence-electron chi connectivity index (χ2n) is 23.3. The molecule has 85 heavy (non-hydrogen) atoms. The summed E-state index contributed by atoms with van der Waals surface area (Å²) in [6.07, 6.45) is 8.16. The second kappa shape index (κ2) is 24.3. The van der Waals surface area contributed by atoms with Crippen LogP contribution in [0.15, 0.2) is 58.3 Å². The first-order chi connectivity index (χ1) is 40.2. The number of piperidine rings is 1. The number of rotatable bonds is 9. The zero-order chi connectivity index (χ0) is 61.8. The predicted octanol–water partition coefficient (Wildman–Crippen LogP) is 7.34. The van der Waals surface area contributed by atoms with Crippen molar-refractivity contribution in [2.45, 2.75) is 130 Å². The minimum absolute atomic E-state index is 0.0152. The van der Waals surface area contributed by atoms with E-state index in [4.69, 9.17) is 30.5 Å². The van der Waals surface area contributed by atoms with Crippen molar-refractivity contribution < 1.29 is 77.9 Å². The molecule has 2 saturated heterocycles. The van der Waals surface area contributed by atoms with E-state index >= 15 is 4.39 Å². The molecule has 1 aromatic heterocycles. The number of pyridine rings is 1. The normalized spacial score (nSPS) is 28.5. The van der Waals surface area contributed by atoms with Gasteiger partial charge in [-0.1, -0.05) is 57.5 Å². The first kappa shape index (κ1) is 61.8. The Morgan fingerprint density at radius 3 is 2.27 bits per heavy atom. The molecule has 1 aliphatic carbocycles. The minimum atomic E-state index is -2.14. The van der Waals surface area contributed by atoms with Crippen molar-refractivity contribution in [3.05, 3.63) is 91.7 Å². The van der Waals surface area contributed by atoms with E-state index < -0.39 is 129 Å². The number of ketones is 1. The Morgan fingerprint density at radius 1 is 0.929 bits per heavy atom. The van der Waals surface area contributed by atoms with Crippen LogP contribution in [0.25, 0.3) is 21.7 Å². The molecule has 10 atom stereocenters. The number of carboxylic acids is 1. The number of nitrogens with zero attached hydrogens (tertiary/aromatic N) is 4. The number of carbonyl (C=O) groups excluding carboxylic acids is 4. The number of anilines is 2. The van der Waals surface area contributed by atoms with E-state index in [2.05, 4.69) is 15.7 Å². The highest BCUT2D eigenvalue weighted by Crippen LogP contribution is 2.55. The highest BCUT2D eigenvalue weighted by molar-refractivity contribution is 6.38. The number of aromatic carboxylic acids is 1. The fourth-order valence-electron chi connectivity index (χ4n) is 12.2. The van der Waals surface area contributed by atoms with Gasteiger partial charge in [0.25, 0.3) is 11.7 Å². The number of methoxy groups -OCH3 is 1. The molecule has 8 N–H and O–H groups in total. The van der Waals surface area contributed by atoms with Crippen LogP contribution in [0.5, 0.6) is 23.0 Å². The van der Waals surface area contributed by atoms with Gasteiger partial charge in [-0.05, 0) is 58.1 Å². The van der Waals surface area contributed by atoms with Crippen LogP contribution in [-0.4, -0.2) is 145 Å². The van der Waals surface area contributed by atoms with Crippen molar-refractivity contribution in [1.29, 1.82) is 0 Å². The monoisotopic (exact) mass is 1200 g/mol. The van der Waals surface area contributed by atoms with Gasteiger partial charge in [0.05, 0.1) is 74.6 Å². The topological polar surface area (TPSA) is 309 Å². The van der Waals surface area contributed by atoms with Crippen LogP contribution in [0.3, 0.4) is 0 Å². The standard InChI is InChI=1S/C61H72ClFN6O16/c1-27-11-10-12-28(2)58(78)66-46-38(24-64-68-20-15-34(16-21-68)59(79)65-35-17-19-67(25-35)48-40(63)23-37-47(45(48)62)69(36-13-14-36)26-39(52(37)74)60(80)81)53(75)42-43(54(46)76)51(73)32(6)56-44(42)57(77)61(8,85-56)83-22-18-41(82-9)29(3)55(84-33(7)70)31(5)50(72)30(4)49(27)71/h10-12,18,22-24,26-27,29-31,34-36,41,49-50,55,71-73,75-76H,13-17,19-21,25H2,1-9H3,(H,65,79)(H,66,78)(H,80,81)/b11-10+,22-18+,28-12-,64-24+/t27-,29-,30-,31-,35?,41+,49+,50-,55-,61+/m1/s1. The predicted molar refractivity (Wildman–Crippen MR) is 313 cm³/mol. The lowest BCUT2D eigenvalue weighted by molar-refractivity contribution is -0.160. The summed E-state index contributed by atoms with van der Waals surface area (Å²) < 4.78 is 41.4. The molecular formula is C61H72ClFN6O16. The van der Waals surface area contributed by atoms with E-state index in [-0.39, 0.29) is 92.3 Å². The molecule has 3 fully saturated rings. The van der Waals surface area contributed by atoms with E-state index in [1.165, 1.54) is 59.4 Å². The van der Waals surface area contributed by atoms with Gasteiger partial charge in [0.1, 0.15) is 34.7 Å². The third kappa shape index (κ3) is 11.7. The van der Waals surface area contributed by atoms with Crippen LogP contribution in [0.1, 0.15) is 118 Å². The number of hydrogen-bond donors (Lipinski definition) is 8. The number of hydrogen-bond acceptors (Lipinski definition) is 18. The summed E-state index contributed by atoms with van der Waals surface area (Å²) in [6, 6.07) is 0.547. The Hall–Kier alpha value is -7.73. The number of phenolic OH excluding ortho intramolecular Hbond substituents is 3. The number of carbonyl (C=O) groups is 5. The summed E-state index contributed by atoms with van der Waals surface area (Å²) in [4.78, 5) is 81.9. The number of halogens is 2. The number of esters is 1. The summed E-state index contributed by atoms with van der Waals surface area (Å²) in [5.41, 5.74) is -1.84. The maximum absolute atomic E-state index is 15.9. The van der Waals surface area contributed by atoms with Gasteiger partial charge in [0, 0.05) is 112 Å². The van der Waals surface area contributed by atoms with Crippen molar-refractivity contribution in [3.8, 4) is 23.0 Å². The van der Waals surface area contributed by atoms with Gasteiger partial charge in [-0.15, -0.1) is 0 Å². The van der Waals surface area contributed by atoms with Crippen molar-refractivity contribution >= 4 is 80.4 Å². The van der Waals surface area contributed by atoms with E-state index in [1.54, 1.807) is 54.3 Å². The van der Waals surface area contributed by atoms with E-state index in [0.29, 0.717) is 25.8 Å². The SMILES string of the molecule is CO[C@H]1/C=C/O[C@@]2(C)Oc3c(C)c(O)c4c(O)c(c(/C=N/N5CCC(C(=O)NC6CCN(c7c(F)cc8c(=O)c(C(=O)O)cn(C9CC9)c8c7Cl)C6)CC5)c(O)c4c3C2=O)NC(=O)/C(C)=C\C=C\[C@@H](C)[C@H](O)[C@@H](C)[C@@H](O)[C@@H](C)[C@H](OC(C)=O)[C@@H]1C. The fourth-order valence-corrected chi connectivity index (χ4v) is 12.6. The van der Waals surface area contributed by atoms with Crippen LogP contribution >= 0.6 is 11.6 Å². The third-order valence-electron chi connectivity index (χ3n) is 17.4. The summed E-state index contributed by atoms with van der Waals surface area (Å²) in [5.74, 6) is -12.2. The average molecular weight is 1200 g/mol. The van der Waals surface area contributed by atoms with Gasteiger partial charge < -0.3 is 69.7 Å². The lowest BCUT2D eigenvalue weighted by Gasteiger charge is -2.38. The highest BCUT2D eigenvalue weighted by Gasteiger charge is 2.50. The zero-order valence-corrected chi connectivity index (χ0v) is 49.4. The lowest BCUT2D eigenvalue weighted by atomic mass is 9.78. The first-order valence-electron chi connectivity index (χ1n) is 28.4. The molecule has 22 nitrogen and oxygen atoms in total. The summed E-state index contributed by atoms with van der Waals surface area (Å²) in [7, 11) is 1.41. The molecule has 3 aromatic carbocycles. The Bertz CT molecular complexity index is 3570. The highest BCUT2D eigenvalue weighted by atomic mass is 35.5. The largest absolute Gasteiger partial charge is 0.507 e. The zero-order valence-electron chi connectivity index (χ0n) is 48.6. The fraction of sp³-hybridized carbons (Fsp3) is 0.492. The van der Waals surface area contributed by atoms with Gasteiger partial charge in [-0.2, -0.15) is 5.10 Å². The quantitative estimate of drug-likeness (QED) is 0.0352. The number of amides is 2. The minimum Gasteiger partial charge on any atom is -0.507 e. The molecule has 24 heteroatoms. The number of aliphatic hydroxyl groups is 2. The number of ether oxygens (including phenoxy) is 4. The number of allylic oxidation sites excluding steroid dienone is 2. The maximum atomic E-state index is 15.9. The number of benzene rings is 3. The molecule has 6 aliphatic rings. The number of hydrazone groups is 1. The van der Waals surface area contributed by atoms with E-state index in [9.17, 15) is 59.4 Å². The van der Waals surface area contributed by atoms with Gasteiger partial charge >= 0.3 is 17.7 Å². The van der Waals surface area contributed by atoms with Gasteiger partial charge in [-0.25, -0.2) is 9.18 Å². The summed E-state index contributed by atoms with van der Waals surface area (Å²) >= 11 is 6.89. The number of carboxylic acid groups (broad SMARTS) is 1. The molecule has 5 aliphatic heterocycles.